The second-order valence-corrected chi connectivity index (χ2v) is 9.53. The van der Waals surface area contributed by atoms with E-state index in [1.165, 1.54) is 11.3 Å². The van der Waals surface area contributed by atoms with E-state index in [-0.39, 0.29) is 5.75 Å². The number of aromatic nitrogens is 1. The maximum absolute atomic E-state index is 9.98. The Morgan fingerprint density at radius 3 is 2.21 bits per heavy atom. The summed E-state index contributed by atoms with van der Waals surface area (Å²) >= 11 is 8.17. The van der Waals surface area contributed by atoms with Crippen LogP contribution in [0.4, 0.5) is 0 Å². The van der Waals surface area contributed by atoms with Gasteiger partial charge in [0, 0.05) is 10.9 Å². The monoisotopic (exact) mass is 595 g/mol. The third-order valence-corrected chi connectivity index (χ3v) is 6.55. The van der Waals surface area contributed by atoms with Gasteiger partial charge in [0.25, 0.3) is 0 Å². The average Bonchev–Trinajstić information content (AvgIpc) is 3.21. The lowest BCUT2D eigenvalue weighted by atomic mass is 10.1. The molecule has 0 amide bonds. The third-order valence-electron chi connectivity index (χ3n) is 4.49. The molecular weight excluding hydrogens is 574 g/mol. The van der Waals surface area contributed by atoms with Crippen LogP contribution in [0, 0.1) is 0 Å². The van der Waals surface area contributed by atoms with Crippen molar-refractivity contribution in [2.24, 2.45) is 10.1 Å². The van der Waals surface area contributed by atoms with Gasteiger partial charge in [-0.15, -0.1) is 11.3 Å². The van der Waals surface area contributed by atoms with Crippen LogP contribution in [0.3, 0.4) is 0 Å². The summed E-state index contributed by atoms with van der Waals surface area (Å²) in [6, 6.07) is 7.29. The molecule has 0 aliphatic carbocycles. The van der Waals surface area contributed by atoms with Crippen LogP contribution in [0.25, 0.3) is 11.3 Å². The van der Waals surface area contributed by atoms with Crippen molar-refractivity contribution in [3.8, 4) is 34.3 Å². The number of aromatic hydroxyl groups is 1. The Balaban J connectivity index is 2.18. The first-order chi connectivity index (χ1) is 15.8. The van der Waals surface area contributed by atoms with Gasteiger partial charge in [-0.05, 0) is 68.6 Å². The van der Waals surface area contributed by atoms with Crippen molar-refractivity contribution in [3.05, 3.63) is 61.1 Å². The Hall–Kier alpha value is -2.56. The molecule has 0 radical (unpaired) electrons. The fourth-order valence-electron chi connectivity index (χ4n) is 2.93. The van der Waals surface area contributed by atoms with Crippen LogP contribution in [-0.2, 0) is 0 Å². The number of benzene rings is 2. The van der Waals surface area contributed by atoms with Crippen LogP contribution in [0.15, 0.2) is 60.8 Å². The number of methoxy groups -OCH3 is 3. The molecule has 1 heterocycles. The second-order valence-electron chi connectivity index (χ2n) is 6.98. The third kappa shape index (κ3) is 5.69. The van der Waals surface area contributed by atoms with Crippen LogP contribution < -0.4 is 19.0 Å². The summed E-state index contributed by atoms with van der Waals surface area (Å²) in [6.07, 6.45) is 1.70. The molecule has 3 rings (SSSR count). The molecule has 0 bridgehead atoms. The first-order valence-corrected chi connectivity index (χ1v) is 12.1. The summed E-state index contributed by atoms with van der Waals surface area (Å²) < 4.78 is 19.3. The summed E-state index contributed by atoms with van der Waals surface area (Å²) in [5.74, 6) is 1.73. The summed E-state index contributed by atoms with van der Waals surface area (Å²) in [5.41, 5.74) is 3.35. The van der Waals surface area contributed by atoms with Crippen molar-refractivity contribution >= 4 is 49.4 Å². The van der Waals surface area contributed by atoms with Crippen molar-refractivity contribution in [2.75, 3.05) is 27.9 Å². The van der Waals surface area contributed by atoms with E-state index in [1.807, 2.05) is 24.4 Å². The quantitative estimate of drug-likeness (QED) is 0.262. The Morgan fingerprint density at radius 1 is 1.09 bits per heavy atom. The van der Waals surface area contributed by atoms with Gasteiger partial charge in [-0.3, -0.25) is 4.99 Å². The number of halogens is 2. The number of thiazole rings is 1. The Labute approximate surface area is 212 Å². The van der Waals surface area contributed by atoms with Crippen LogP contribution in [0.5, 0.6) is 23.0 Å². The standard InChI is InChI=1S/C23H23Br2N3O4S/c1-13(2)10-26-23-28(27-11-14-6-16(24)21(29)17(25)7-14)18(12-33-23)15-8-19(30-3)22(32-5)20(9-15)31-4/h6-9,11-12,29H,1,10H2,2-5H3. The smallest absolute Gasteiger partial charge is 0.206 e. The highest BCUT2D eigenvalue weighted by molar-refractivity contribution is 9.11. The zero-order valence-electron chi connectivity index (χ0n) is 18.6. The number of phenols is 1. The molecule has 3 aromatic rings. The van der Waals surface area contributed by atoms with Crippen molar-refractivity contribution < 1.29 is 19.3 Å². The normalized spacial score (nSPS) is 11.8. The highest BCUT2D eigenvalue weighted by Gasteiger charge is 2.17. The van der Waals surface area contributed by atoms with Gasteiger partial charge < -0.3 is 19.3 Å². The SMILES string of the molecule is C=C(C)CN=c1scc(-c2cc(OC)c(OC)c(OC)c2)n1N=Cc1cc(Br)c(O)c(Br)c1. The minimum atomic E-state index is 0.130. The molecule has 0 saturated heterocycles. The molecule has 0 atom stereocenters. The van der Waals surface area contributed by atoms with Crippen molar-refractivity contribution in [1.29, 1.82) is 0 Å². The summed E-state index contributed by atoms with van der Waals surface area (Å²) in [7, 11) is 4.72. The highest BCUT2D eigenvalue weighted by Crippen LogP contribution is 2.41. The number of hydrogen-bond acceptors (Lipinski definition) is 7. The predicted molar refractivity (Wildman–Crippen MR) is 139 cm³/mol. The molecule has 1 aromatic heterocycles. The minimum Gasteiger partial charge on any atom is -0.506 e. The molecule has 0 spiro atoms. The fourth-order valence-corrected chi connectivity index (χ4v) is 4.99. The van der Waals surface area contributed by atoms with Crippen LogP contribution >= 0.6 is 43.2 Å². The lowest BCUT2D eigenvalue weighted by Gasteiger charge is -2.14. The van der Waals surface area contributed by atoms with Crippen molar-refractivity contribution in [1.82, 2.24) is 4.68 Å². The van der Waals surface area contributed by atoms with E-state index in [4.69, 9.17) is 19.3 Å². The van der Waals surface area contributed by atoms with Crippen molar-refractivity contribution in [2.45, 2.75) is 6.92 Å². The number of rotatable bonds is 8. The molecule has 174 valence electrons. The van der Waals surface area contributed by atoms with Gasteiger partial charge in [0.1, 0.15) is 5.75 Å². The number of hydrogen-bond donors (Lipinski definition) is 1. The number of nitrogens with zero attached hydrogens (tertiary/aromatic N) is 3. The lowest BCUT2D eigenvalue weighted by molar-refractivity contribution is 0.324. The molecule has 10 heteroatoms. The fraction of sp³-hybridized carbons (Fsp3) is 0.217. The molecule has 0 aliphatic heterocycles. The molecule has 0 aliphatic rings. The van der Waals surface area contributed by atoms with E-state index in [0.29, 0.717) is 37.5 Å². The van der Waals surface area contributed by atoms with Gasteiger partial charge >= 0.3 is 0 Å². The number of phenolic OH excluding ortho intramolecular Hbond substituents is 1. The summed E-state index contributed by atoms with van der Waals surface area (Å²) in [5, 5.41) is 16.7. The molecule has 0 unspecified atom stereocenters. The van der Waals surface area contributed by atoms with E-state index in [9.17, 15) is 5.11 Å². The molecule has 7 nitrogen and oxygen atoms in total. The van der Waals surface area contributed by atoms with E-state index in [0.717, 1.165) is 22.4 Å². The molecule has 1 N–H and O–H groups in total. The minimum absolute atomic E-state index is 0.130. The molecule has 0 fully saturated rings. The van der Waals surface area contributed by atoms with Crippen LogP contribution in [0.2, 0.25) is 0 Å². The summed E-state index contributed by atoms with van der Waals surface area (Å²) in [4.78, 5) is 5.36. The lowest BCUT2D eigenvalue weighted by Crippen LogP contribution is -2.13. The van der Waals surface area contributed by atoms with E-state index >= 15 is 0 Å². The Bertz CT molecular complexity index is 1230. The predicted octanol–water partition coefficient (Wildman–Crippen LogP) is 5.83. The largest absolute Gasteiger partial charge is 0.506 e. The van der Waals surface area contributed by atoms with Gasteiger partial charge in [0.15, 0.2) is 11.5 Å². The van der Waals surface area contributed by atoms with E-state index < -0.39 is 0 Å². The van der Waals surface area contributed by atoms with E-state index in [1.54, 1.807) is 44.4 Å². The molecule has 0 saturated carbocycles. The first kappa shape index (κ1) is 25.1. The van der Waals surface area contributed by atoms with Gasteiger partial charge in [-0.1, -0.05) is 12.2 Å². The highest BCUT2D eigenvalue weighted by atomic mass is 79.9. The maximum atomic E-state index is 9.98. The second kappa shape index (κ2) is 11.0. The number of ether oxygens (including phenoxy) is 3. The molecule has 2 aromatic carbocycles. The topological polar surface area (TPSA) is 77.6 Å². The molecule has 33 heavy (non-hydrogen) atoms. The Kier molecular flexibility index (Phi) is 8.39. The van der Waals surface area contributed by atoms with Gasteiger partial charge in [-0.25, -0.2) is 4.68 Å². The van der Waals surface area contributed by atoms with Gasteiger partial charge in [-0.2, -0.15) is 5.10 Å². The first-order valence-electron chi connectivity index (χ1n) is 9.67. The van der Waals surface area contributed by atoms with Gasteiger partial charge in [0.05, 0.1) is 48.7 Å². The van der Waals surface area contributed by atoms with Crippen LogP contribution in [0.1, 0.15) is 12.5 Å². The maximum Gasteiger partial charge on any atom is 0.206 e. The zero-order valence-corrected chi connectivity index (χ0v) is 22.5. The van der Waals surface area contributed by atoms with Crippen molar-refractivity contribution in [3.63, 3.8) is 0 Å². The van der Waals surface area contributed by atoms with Gasteiger partial charge in [0.2, 0.25) is 10.6 Å². The molecular formula is C23H23Br2N3O4S. The van der Waals surface area contributed by atoms with E-state index in [2.05, 4.69) is 43.4 Å². The average molecular weight is 597 g/mol. The summed E-state index contributed by atoms with van der Waals surface area (Å²) in [6.45, 7) is 6.35. The Morgan fingerprint density at radius 2 is 1.70 bits per heavy atom. The van der Waals surface area contributed by atoms with Crippen LogP contribution in [-0.4, -0.2) is 43.9 Å². The zero-order chi connectivity index (χ0) is 24.1.